The van der Waals surface area contributed by atoms with Gasteiger partial charge in [0.2, 0.25) is 65.0 Å². The van der Waals surface area contributed by atoms with E-state index in [1.165, 1.54) is 34.5 Å². The van der Waals surface area contributed by atoms with Crippen LogP contribution in [0.25, 0.3) is 0 Å². The van der Waals surface area contributed by atoms with Crippen LogP contribution in [0, 0.1) is 0 Å². The number of aliphatic carboxylic acids is 3. The van der Waals surface area contributed by atoms with Gasteiger partial charge in [0.05, 0.1) is 48.2 Å². The summed E-state index contributed by atoms with van der Waals surface area (Å²) in [4.78, 5) is 243. The minimum Gasteiger partial charge on any atom is -0.478 e. The van der Waals surface area contributed by atoms with Crippen LogP contribution in [0.2, 0.25) is 0 Å². The van der Waals surface area contributed by atoms with Crippen molar-refractivity contribution in [3.8, 4) is 0 Å². The number of unbranched alkanes of at least 4 members (excludes halogenated alkanes) is 12. The van der Waals surface area contributed by atoms with Crippen LogP contribution in [-0.2, 0) is 134 Å². The molecule has 0 aromatic rings. The first-order valence-electron chi connectivity index (χ1n) is 44.6. The van der Waals surface area contributed by atoms with E-state index in [1.54, 1.807) is 14.7 Å². The average molecular weight is 1870 g/mol. The van der Waals surface area contributed by atoms with Crippen LogP contribution in [0.3, 0.4) is 0 Å². The van der Waals surface area contributed by atoms with E-state index in [0.717, 1.165) is 292 Å². The number of rotatable bonds is 51. The molecule has 42 heteroatoms. The number of carboxylic acids is 3. The maximum absolute atomic E-state index is 11.4. The summed E-state index contributed by atoms with van der Waals surface area (Å²) in [6.07, 6.45) is 40.0. The summed E-state index contributed by atoms with van der Waals surface area (Å²) in [5, 5.41) is 35.3. The quantitative estimate of drug-likeness (QED) is 0.0198. The molecule has 0 bridgehead atoms. The summed E-state index contributed by atoms with van der Waals surface area (Å²) < 4.78 is 32.0. The summed E-state index contributed by atoms with van der Waals surface area (Å²) >= 11 is 0. The highest BCUT2D eigenvalue weighted by Gasteiger charge is 2.25. The van der Waals surface area contributed by atoms with Gasteiger partial charge in [-0.25, -0.2) is 47.9 Å². The molecule has 0 radical (unpaired) electrons. The van der Waals surface area contributed by atoms with Crippen molar-refractivity contribution in [2.24, 2.45) is 0 Å². The molecule has 0 aromatic carbocycles. The Morgan fingerprint density at radius 2 is 0.432 bits per heavy atom. The first-order chi connectivity index (χ1) is 63.3. The van der Waals surface area contributed by atoms with Crippen molar-refractivity contribution in [3.05, 3.63) is 85.1 Å². The summed E-state index contributed by atoms with van der Waals surface area (Å²) in [7, 11) is 4.97. The zero-order valence-electron chi connectivity index (χ0n) is 76.5. The van der Waals surface area contributed by atoms with E-state index in [2.05, 4.69) is 40.2 Å². The van der Waals surface area contributed by atoms with E-state index >= 15 is 0 Å². The van der Waals surface area contributed by atoms with Crippen molar-refractivity contribution in [3.63, 3.8) is 0 Å². The number of ether oxygens (including phenoxy) is 7. The van der Waals surface area contributed by atoms with Gasteiger partial charge in [0.25, 0.3) is 0 Å². The van der Waals surface area contributed by atoms with Gasteiger partial charge < -0.3 is 104 Å². The molecule has 7 fully saturated rings. The standard InChI is InChI=1S/C15H24N2O4.C15H23NO5.C14H22N2O4.C14H21NO5.C11H16N2O4.C11H15NO5.C10H14N2O4/c1-21-15(20)9-8-13(18)16-10-4-2-3-5-11-17-12-6-7-14(17)19;1-20-14(18)8-9-15(19)21-12-5-3-2-4-10-16-11-6-7-13(16)17;17-12(7-8-14(19)20)15-9-3-1-2-4-10-16-11-5-6-13(16)18;16-12-6-5-10-15(12)9-3-1-2-4-11-20-14(19)8-7-13(17)18;1-17-11(16)5-4-9(14)12-6-8-13-7-2-3-10(13)15;1-16-10(14)4-5-11(15)17-8-7-12-6-2-3-9(12)13;13-8(3-4-10(15)16)11-5-7-12-6-1-2-9(12)14/h8-9H,2-7,10-12H2,1H3,(H,16,18);8-9H,2-7,10-12H2,1H3;7-8H,1-6,9-11H2,(H,15,17)(H,19,20);7-8H,1-6,9-11H2,(H,17,18);4-5H,2-3,6-8H2,1H3,(H,12,14);4-5H,2-3,6-8H2,1H3;3-4H,1-2,5-7H2,(H,11,13)(H,15,16). The largest absolute Gasteiger partial charge is 0.478 e. The molecule has 132 heavy (non-hydrogen) atoms. The lowest BCUT2D eigenvalue weighted by atomic mass is 10.2. The molecule has 7 saturated heterocycles. The zero-order chi connectivity index (χ0) is 97.9. The Balaban J connectivity index is 0.000000772. The lowest BCUT2D eigenvalue weighted by molar-refractivity contribution is -0.140. The Kier molecular flexibility index (Phi) is 66.3. The monoisotopic (exact) mass is 1870 g/mol. The van der Waals surface area contributed by atoms with Crippen LogP contribution >= 0.6 is 0 Å². The number of methoxy groups -OCH3 is 4. The third-order valence-corrected chi connectivity index (χ3v) is 20.0. The van der Waals surface area contributed by atoms with Gasteiger partial charge in [0.15, 0.2) is 0 Å². The Bertz CT molecular complexity index is 3700. The number of likely N-dealkylation sites (tertiary alicyclic amines) is 7. The first kappa shape index (κ1) is 117. The predicted molar refractivity (Wildman–Crippen MR) is 474 cm³/mol. The first-order valence-corrected chi connectivity index (χ1v) is 44.6. The van der Waals surface area contributed by atoms with Crippen molar-refractivity contribution < 1.29 is 149 Å². The van der Waals surface area contributed by atoms with E-state index in [1.807, 2.05) is 19.6 Å². The number of nitrogens with zero attached hydrogens (tertiary/aromatic N) is 7. The third kappa shape index (κ3) is 63.1. The van der Waals surface area contributed by atoms with Crippen LogP contribution in [0.1, 0.15) is 193 Å². The molecule has 0 aromatic heterocycles. The Morgan fingerprint density at radius 1 is 0.235 bits per heavy atom. The lowest BCUT2D eigenvalue weighted by Crippen LogP contribution is -2.34. The van der Waals surface area contributed by atoms with Gasteiger partial charge in [0.1, 0.15) is 6.61 Å². The fraction of sp³-hybridized carbons (Fsp3) is 0.611. The molecule has 11 amide bonds. The van der Waals surface area contributed by atoms with Crippen LogP contribution in [0.4, 0.5) is 0 Å². The summed E-state index contributed by atoms with van der Waals surface area (Å²) in [6, 6.07) is 0. The summed E-state index contributed by atoms with van der Waals surface area (Å²) in [5.74, 6) is -7.68. The summed E-state index contributed by atoms with van der Waals surface area (Å²) in [6.45, 7) is 13.2. The number of esters is 7. The number of hydrogen-bond acceptors (Lipinski definition) is 28. The van der Waals surface area contributed by atoms with Crippen LogP contribution < -0.4 is 21.3 Å². The number of nitrogens with one attached hydrogen (secondary N) is 4. The van der Waals surface area contributed by atoms with Crippen molar-refractivity contribution in [2.75, 3.05) is 166 Å². The minimum atomic E-state index is -1.17. The second-order valence-corrected chi connectivity index (χ2v) is 30.2. The molecule has 0 atom stereocenters. The molecular formula is C90H135N11O31. The molecule has 0 saturated carbocycles. The van der Waals surface area contributed by atoms with E-state index < -0.39 is 65.6 Å². The summed E-state index contributed by atoms with van der Waals surface area (Å²) in [5.41, 5.74) is 0. The molecule has 42 nitrogen and oxygen atoms in total. The van der Waals surface area contributed by atoms with Crippen LogP contribution in [0.5, 0.6) is 0 Å². The molecule has 0 spiro atoms. The normalized spacial score (nSPS) is 15.1. The Morgan fingerprint density at radius 3 is 0.682 bits per heavy atom. The highest BCUT2D eigenvalue weighted by Crippen LogP contribution is 2.17. The number of hydrogen-bond donors (Lipinski definition) is 7. The molecule has 736 valence electrons. The van der Waals surface area contributed by atoms with Crippen molar-refractivity contribution in [1.82, 2.24) is 55.6 Å². The van der Waals surface area contributed by atoms with E-state index in [0.29, 0.717) is 111 Å². The number of amides is 11. The topological polar surface area (TPSA) is 555 Å². The van der Waals surface area contributed by atoms with E-state index in [9.17, 15) is 101 Å². The maximum Gasteiger partial charge on any atom is 0.331 e. The number of carbonyl (C=O) groups is 21. The predicted octanol–water partition coefficient (Wildman–Crippen LogP) is 3.44. The second kappa shape index (κ2) is 74.8. The Labute approximate surface area is 769 Å². The Hall–Kier alpha value is -13.0. The number of carboxylic acid groups (broad SMARTS) is 3. The average Bonchev–Trinajstić information content (AvgIpc) is 1.80. The zero-order valence-corrected chi connectivity index (χ0v) is 76.5. The maximum atomic E-state index is 11.4. The smallest absolute Gasteiger partial charge is 0.331 e. The minimum absolute atomic E-state index is 0.0890. The molecule has 7 heterocycles. The van der Waals surface area contributed by atoms with E-state index in [4.69, 9.17) is 29.5 Å². The second-order valence-electron chi connectivity index (χ2n) is 30.2. The molecule has 7 aliphatic rings. The van der Waals surface area contributed by atoms with Crippen LogP contribution in [0.15, 0.2) is 85.1 Å². The van der Waals surface area contributed by atoms with Gasteiger partial charge in [-0.15, -0.1) is 0 Å². The van der Waals surface area contributed by atoms with Crippen molar-refractivity contribution in [2.45, 2.75) is 193 Å². The van der Waals surface area contributed by atoms with Gasteiger partial charge >= 0.3 is 59.7 Å². The highest BCUT2D eigenvalue weighted by atomic mass is 16.6. The van der Waals surface area contributed by atoms with Gasteiger partial charge in [-0.05, 0) is 109 Å². The highest BCUT2D eigenvalue weighted by molar-refractivity contribution is 5.97. The van der Waals surface area contributed by atoms with Crippen LogP contribution in [-0.4, -0.2) is 340 Å². The molecular weight excluding hydrogens is 1730 g/mol. The molecule has 0 aliphatic carbocycles. The molecule has 7 rings (SSSR count). The van der Waals surface area contributed by atoms with Gasteiger partial charge in [-0.2, -0.15) is 0 Å². The van der Waals surface area contributed by atoms with Gasteiger partial charge in [-0.1, -0.05) is 38.5 Å². The van der Waals surface area contributed by atoms with Crippen molar-refractivity contribution >= 4 is 125 Å². The van der Waals surface area contributed by atoms with Crippen molar-refractivity contribution in [1.29, 1.82) is 0 Å². The molecule has 7 N–H and O–H groups in total. The van der Waals surface area contributed by atoms with E-state index in [-0.39, 0.29) is 65.7 Å². The van der Waals surface area contributed by atoms with Gasteiger partial charge in [0, 0.05) is 241 Å². The third-order valence-electron chi connectivity index (χ3n) is 20.0. The SMILES string of the molecule is COC(=O)C=CC(=O)NCCCCCCN1CCCC1=O.COC(=O)C=CC(=O)NCCN1CCCC1=O.COC(=O)C=CC(=O)OCCCCCCN1CCCC1=O.COC(=O)C=CC(=O)OCCN1CCCC1=O.O=C(O)C=CC(=O)NCCCCCCN1CCCC1=O.O=C(O)C=CC(=O)NCCN1CCCC1=O.O=C(O)C=CC(=O)OCCCCCCN1CCCC1=O. The lowest BCUT2D eigenvalue weighted by Gasteiger charge is -2.14. The van der Waals surface area contributed by atoms with Gasteiger partial charge in [-0.3, -0.25) is 52.7 Å². The fourth-order valence-electron chi connectivity index (χ4n) is 13.0. The molecule has 0 unspecified atom stereocenters. The molecule has 7 aliphatic heterocycles. The number of carbonyl (C=O) groups excluding carboxylic acids is 18. The fourth-order valence-corrected chi connectivity index (χ4v) is 13.0.